The normalized spacial score (nSPS) is 10.6. The minimum atomic E-state index is -0.110. The Kier molecular flexibility index (Phi) is 4.39. The minimum Gasteiger partial charge on any atom is -0.346 e. The number of aromatic nitrogens is 2. The first-order valence-corrected chi connectivity index (χ1v) is 8.43. The van der Waals surface area contributed by atoms with Crippen LogP contribution in [0.3, 0.4) is 0 Å². The fraction of sp³-hybridized carbons (Fsp3) is 0.0455. The van der Waals surface area contributed by atoms with Crippen LogP contribution in [0.4, 0.5) is 0 Å². The van der Waals surface area contributed by atoms with Gasteiger partial charge in [0.15, 0.2) is 0 Å². The maximum Gasteiger partial charge on any atom is 0.252 e. The van der Waals surface area contributed by atoms with Crippen LogP contribution in [0.2, 0.25) is 0 Å². The Morgan fingerprint density at radius 1 is 0.846 bits per heavy atom. The second-order valence-corrected chi connectivity index (χ2v) is 5.97. The summed E-state index contributed by atoms with van der Waals surface area (Å²) >= 11 is 0. The largest absolute Gasteiger partial charge is 0.346 e. The molecule has 1 heterocycles. The molecule has 1 N–H and O–H groups in total. The molecule has 3 aromatic carbocycles. The van der Waals surface area contributed by atoms with Crippen LogP contribution in [0.25, 0.3) is 22.0 Å². The molecular weight excluding hydrogens is 322 g/mol. The number of nitrogens with zero attached hydrogens (tertiary/aromatic N) is 2. The standard InChI is InChI=1S/C22H17N3O/c26-22(20-12-6-10-16-7-4-5-11-19(16)20)23-14-18-13-21(25-15-24-18)17-8-2-1-3-9-17/h1-13,15H,14H2,(H,23,26). The van der Waals surface area contributed by atoms with Crippen molar-refractivity contribution in [1.29, 1.82) is 0 Å². The summed E-state index contributed by atoms with van der Waals surface area (Å²) in [5.41, 5.74) is 3.31. The summed E-state index contributed by atoms with van der Waals surface area (Å²) < 4.78 is 0. The molecule has 4 rings (SSSR count). The molecule has 0 atom stereocenters. The van der Waals surface area contributed by atoms with Gasteiger partial charge in [-0.25, -0.2) is 9.97 Å². The van der Waals surface area contributed by atoms with Crippen molar-refractivity contribution in [2.24, 2.45) is 0 Å². The summed E-state index contributed by atoms with van der Waals surface area (Å²) in [7, 11) is 0. The summed E-state index contributed by atoms with van der Waals surface area (Å²) in [5, 5.41) is 4.95. The van der Waals surface area contributed by atoms with Gasteiger partial charge in [-0.1, -0.05) is 66.7 Å². The average Bonchev–Trinajstić information content (AvgIpc) is 2.72. The Bertz CT molecular complexity index is 1060. The van der Waals surface area contributed by atoms with Crippen molar-refractivity contribution < 1.29 is 4.79 Å². The molecule has 0 aliphatic rings. The van der Waals surface area contributed by atoms with Crippen molar-refractivity contribution in [2.75, 3.05) is 0 Å². The molecule has 0 fully saturated rings. The fourth-order valence-electron chi connectivity index (χ4n) is 2.95. The molecule has 0 saturated carbocycles. The molecular formula is C22H17N3O. The predicted octanol–water partition coefficient (Wildman–Crippen LogP) is 4.23. The Labute approximate surface area is 151 Å². The molecule has 0 aliphatic heterocycles. The average molecular weight is 339 g/mol. The van der Waals surface area contributed by atoms with Crippen molar-refractivity contribution in [3.63, 3.8) is 0 Å². The van der Waals surface area contributed by atoms with Gasteiger partial charge in [0, 0.05) is 11.1 Å². The van der Waals surface area contributed by atoms with Gasteiger partial charge < -0.3 is 5.32 Å². The molecule has 0 bridgehead atoms. The highest BCUT2D eigenvalue weighted by Gasteiger charge is 2.10. The van der Waals surface area contributed by atoms with E-state index in [1.807, 2.05) is 78.9 Å². The van der Waals surface area contributed by atoms with E-state index in [2.05, 4.69) is 15.3 Å². The highest BCUT2D eigenvalue weighted by atomic mass is 16.1. The number of benzene rings is 3. The highest BCUT2D eigenvalue weighted by molar-refractivity contribution is 6.06. The lowest BCUT2D eigenvalue weighted by Crippen LogP contribution is -2.23. The summed E-state index contributed by atoms with van der Waals surface area (Å²) in [6.45, 7) is 0.352. The van der Waals surface area contributed by atoms with Crippen molar-refractivity contribution in [2.45, 2.75) is 6.54 Å². The van der Waals surface area contributed by atoms with Crippen LogP contribution < -0.4 is 5.32 Å². The Balaban J connectivity index is 1.53. The van der Waals surface area contributed by atoms with Gasteiger partial charge in [-0.2, -0.15) is 0 Å². The molecule has 4 nitrogen and oxygen atoms in total. The van der Waals surface area contributed by atoms with Crippen LogP contribution in [-0.2, 0) is 6.54 Å². The molecule has 0 aliphatic carbocycles. The first kappa shape index (κ1) is 16.0. The minimum absolute atomic E-state index is 0.110. The molecule has 0 saturated heterocycles. The lowest BCUT2D eigenvalue weighted by atomic mass is 10.0. The third-order valence-electron chi connectivity index (χ3n) is 4.26. The number of hydrogen-bond acceptors (Lipinski definition) is 3. The lowest BCUT2D eigenvalue weighted by Gasteiger charge is -2.08. The Hall–Kier alpha value is -3.53. The van der Waals surface area contributed by atoms with Gasteiger partial charge >= 0.3 is 0 Å². The third kappa shape index (κ3) is 3.30. The van der Waals surface area contributed by atoms with E-state index in [1.165, 1.54) is 6.33 Å². The van der Waals surface area contributed by atoms with Crippen LogP contribution in [0.5, 0.6) is 0 Å². The second-order valence-electron chi connectivity index (χ2n) is 5.97. The lowest BCUT2D eigenvalue weighted by molar-refractivity contribution is 0.0952. The number of hydrogen-bond donors (Lipinski definition) is 1. The van der Waals surface area contributed by atoms with Crippen molar-refractivity contribution >= 4 is 16.7 Å². The van der Waals surface area contributed by atoms with Crippen molar-refractivity contribution in [3.8, 4) is 11.3 Å². The van der Waals surface area contributed by atoms with Crippen LogP contribution in [0.1, 0.15) is 16.1 Å². The molecule has 126 valence electrons. The first-order valence-electron chi connectivity index (χ1n) is 8.43. The van der Waals surface area contributed by atoms with Gasteiger partial charge in [-0.3, -0.25) is 4.79 Å². The fourth-order valence-corrected chi connectivity index (χ4v) is 2.95. The topological polar surface area (TPSA) is 54.9 Å². The monoisotopic (exact) mass is 339 g/mol. The van der Waals surface area contributed by atoms with Gasteiger partial charge in [0.05, 0.1) is 17.9 Å². The van der Waals surface area contributed by atoms with Gasteiger partial charge in [0.25, 0.3) is 5.91 Å². The number of nitrogens with one attached hydrogen (secondary N) is 1. The zero-order valence-corrected chi connectivity index (χ0v) is 14.1. The first-order chi connectivity index (χ1) is 12.8. The third-order valence-corrected chi connectivity index (χ3v) is 4.26. The van der Waals surface area contributed by atoms with E-state index < -0.39 is 0 Å². The van der Waals surface area contributed by atoms with Crippen LogP contribution in [0, 0.1) is 0 Å². The maximum atomic E-state index is 12.6. The zero-order chi connectivity index (χ0) is 17.8. The quantitative estimate of drug-likeness (QED) is 0.605. The van der Waals surface area contributed by atoms with Gasteiger partial charge in [-0.15, -0.1) is 0 Å². The van der Waals surface area contributed by atoms with Gasteiger partial charge in [0.2, 0.25) is 0 Å². The van der Waals surface area contributed by atoms with Crippen molar-refractivity contribution in [1.82, 2.24) is 15.3 Å². The number of carbonyl (C=O) groups excluding carboxylic acids is 1. The van der Waals surface area contributed by atoms with E-state index in [0.29, 0.717) is 12.1 Å². The smallest absolute Gasteiger partial charge is 0.252 e. The number of rotatable bonds is 4. The van der Waals surface area contributed by atoms with E-state index in [9.17, 15) is 4.79 Å². The van der Waals surface area contributed by atoms with E-state index in [1.54, 1.807) is 0 Å². The number of carbonyl (C=O) groups is 1. The highest BCUT2D eigenvalue weighted by Crippen LogP contribution is 2.19. The van der Waals surface area contributed by atoms with Gasteiger partial charge in [-0.05, 0) is 22.9 Å². The van der Waals surface area contributed by atoms with E-state index in [4.69, 9.17) is 0 Å². The predicted molar refractivity (Wildman–Crippen MR) is 103 cm³/mol. The summed E-state index contributed by atoms with van der Waals surface area (Å²) in [6, 6.07) is 25.4. The summed E-state index contributed by atoms with van der Waals surface area (Å²) in [5.74, 6) is -0.110. The van der Waals surface area contributed by atoms with Crippen LogP contribution in [0.15, 0.2) is 85.2 Å². The molecule has 1 aromatic heterocycles. The molecule has 0 spiro atoms. The van der Waals surface area contributed by atoms with E-state index in [0.717, 1.165) is 27.7 Å². The SMILES string of the molecule is O=C(NCc1cc(-c2ccccc2)ncn1)c1cccc2ccccc12. The van der Waals surface area contributed by atoms with Gasteiger partial charge in [0.1, 0.15) is 6.33 Å². The Morgan fingerprint density at radius 3 is 2.50 bits per heavy atom. The molecule has 0 unspecified atom stereocenters. The van der Waals surface area contributed by atoms with E-state index >= 15 is 0 Å². The summed E-state index contributed by atoms with van der Waals surface area (Å²) in [4.78, 5) is 21.2. The number of amides is 1. The van der Waals surface area contributed by atoms with Crippen LogP contribution >= 0.6 is 0 Å². The molecule has 1 amide bonds. The molecule has 4 heteroatoms. The molecule has 4 aromatic rings. The zero-order valence-electron chi connectivity index (χ0n) is 14.1. The maximum absolute atomic E-state index is 12.6. The summed E-state index contributed by atoms with van der Waals surface area (Å²) in [6.07, 6.45) is 1.53. The van der Waals surface area contributed by atoms with E-state index in [-0.39, 0.29) is 5.91 Å². The molecule has 0 radical (unpaired) electrons. The second kappa shape index (κ2) is 7.15. The molecule has 26 heavy (non-hydrogen) atoms. The van der Waals surface area contributed by atoms with Crippen molar-refractivity contribution in [3.05, 3.63) is 96.4 Å². The van der Waals surface area contributed by atoms with Crippen LogP contribution in [-0.4, -0.2) is 15.9 Å². The number of fused-ring (bicyclic) bond motifs is 1. The Morgan fingerprint density at radius 2 is 1.62 bits per heavy atom.